The van der Waals surface area contributed by atoms with E-state index >= 15 is 0 Å². The molecule has 1 atom stereocenters. The number of hydrogen-bond donors (Lipinski definition) is 1. The second-order valence-electron chi connectivity index (χ2n) is 8.73. The van der Waals surface area contributed by atoms with Crippen LogP contribution in [-0.2, 0) is 11.3 Å². The van der Waals surface area contributed by atoms with Crippen LogP contribution in [0.25, 0.3) is 11.1 Å². The van der Waals surface area contributed by atoms with Crippen molar-refractivity contribution in [2.24, 2.45) is 0 Å². The highest BCUT2D eigenvalue weighted by atomic mass is 19.4. The molecule has 1 heterocycles. The average molecular weight is 519 g/mol. The van der Waals surface area contributed by atoms with Gasteiger partial charge in [-0.15, -0.1) is 0 Å². The van der Waals surface area contributed by atoms with E-state index in [4.69, 9.17) is 0 Å². The van der Waals surface area contributed by atoms with Crippen LogP contribution in [0, 0.1) is 0 Å². The molecule has 2 aromatic rings. The Bertz CT molecular complexity index is 1010. The van der Waals surface area contributed by atoms with Crippen molar-refractivity contribution in [1.29, 1.82) is 0 Å². The largest absolute Gasteiger partial charge is 0.434 e. The molecule has 2 aromatic carbocycles. The molecule has 6 nitrogen and oxygen atoms in total. The number of benzene rings is 2. The van der Waals surface area contributed by atoms with Crippen molar-refractivity contribution in [1.82, 2.24) is 14.7 Å². The minimum Gasteiger partial charge on any atom is -0.426 e. The van der Waals surface area contributed by atoms with Gasteiger partial charge in [0, 0.05) is 38.3 Å². The zero-order valence-corrected chi connectivity index (χ0v) is 19.7. The van der Waals surface area contributed by atoms with Crippen molar-refractivity contribution < 1.29 is 41.0 Å². The summed E-state index contributed by atoms with van der Waals surface area (Å²) in [6.07, 6.45) is -18.3. The number of ether oxygens (including phenoxy) is 1. The fraction of sp³-hybridized carbons (Fsp3) is 0.458. The van der Waals surface area contributed by atoms with Gasteiger partial charge in [-0.1, -0.05) is 42.5 Å². The molecule has 0 spiro atoms. The molecule has 198 valence electrons. The van der Waals surface area contributed by atoms with Gasteiger partial charge in [0.15, 0.2) is 0 Å². The molecule has 0 aromatic heterocycles. The summed E-state index contributed by atoms with van der Waals surface area (Å²) < 4.78 is 80.0. The first-order valence-corrected chi connectivity index (χ1v) is 11.1. The van der Waals surface area contributed by atoms with Crippen LogP contribution in [0.3, 0.4) is 0 Å². The fourth-order valence-corrected chi connectivity index (χ4v) is 3.89. The van der Waals surface area contributed by atoms with Crippen molar-refractivity contribution in [2.75, 3.05) is 40.3 Å². The number of hydrogen-bond acceptors (Lipinski definition) is 5. The van der Waals surface area contributed by atoms with Gasteiger partial charge < -0.3 is 14.7 Å². The number of aliphatic hydroxyl groups is 1. The Kier molecular flexibility index (Phi) is 8.52. The van der Waals surface area contributed by atoms with E-state index in [1.807, 2.05) is 53.4 Å². The summed E-state index contributed by atoms with van der Waals surface area (Å²) in [6, 6.07) is 15.3. The molecule has 0 radical (unpaired) electrons. The smallest absolute Gasteiger partial charge is 0.426 e. The zero-order valence-electron chi connectivity index (χ0n) is 19.7. The van der Waals surface area contributed by atoms with Gasteiger partial charge in [-0.25, -0.2) is 4.79 Å². The molecule has 3 rings (SSSR count). The van der Waals surface area contributed by atoms with E-state index in [9.17, 15) is 36.2 Å². The Morgan fingerprint density at radius 2 is 1.53 bits per heavy atom. The lowest BCUT2D eigenvalue weighted by Crippen LogP contribution is -2.52. The van der Waals surface area contributed by atoms with Gasteiger partial charge in [-0.05, 0) is 36.9 Å². The van der Waals surface area contributed by atoms with Crippen molar-refractivity contribution in [3.05, 3.63) is 59.7 Å². The number of alkyl halides is 6. The molecule has 0 saturated carbocycles. The lowest BCUT2D eigenvalue weighted by molar-refractivity contribution is -0.308. The van der Waals surface area contributed by atoms with Gasteiger partial charge in [-0.2, -0.15) is 26.3 Å². The van der Waals surface area contributed by atoms with Crippen LogP contribution in [0.15, 0.2) is 48.5 Å². The van der Waals surface area contributed by atoms with Gasteiger partial charge in [-0.3, -0.25) is 9.80 Å². The first-order valence-electron chi connectivity index (χ1n) is 11.1. The number of halogens is 6. The van der Waals surface area contributed by atoms with Gasteiger partial charge in [0.1, 0.15) is 6.23 Å². The second kappa shape index (κ2) is 11.1. The third-order valence-electron chi connectivity index (χ3n) is 5.86. The molecule has 0 bridgehead atoms. The fourth-order valence-electron chi connectivity index (χ4n) is 3.89. The van der Waals surface area contributed by atoms with Crippen LogP contribution in [0.5, 0.6) is 0 Å². The lowest BCUT2D eigenvalue weighted by Gasteiger charge is -2.35. The summed E-state index contributed by atoms with van der Waals surface area (Å²) in [5, 5.41) is 10.8. The molecule has 1 fully saturated rings. The van der Waals surface area contributed by atoms with E-state index < -0.39 is 30.8 Å². The number of nitrogens with zero attached hydrogens (tertiary/aromatic N) is 3. The average Bonchev–Trinajstić information content (AvgIpc) is 2.81. The summed E-state index contributed by atoms with van der Waals surface area (Å²) in [6.45, 7) is 0.571. The van der Waals surface area contributed by atoms with Gasteiger partial charge in [0.05, 0.1) is 0 Å². The highest BCUT2D eigenvalue weighted by Crippen LogP contribution is 2.36. The SMILES string of the molecule is CN(C)C(O)c1cc(-c2ccccc2)ccc1CN1CCN(C(=O)OC(C(F)(F)F)C(F)(F)F)CC1. The summed E-state index contributed by atoms with van der Waals surface area (Å²) in [5.74, 6) is 0. The zero-order chi connectivity index (χ0) is 26.7. The van der Waals surface area contributed by atoms with Crippen molar-refractivity contribution in [2.45, 2.75) is 31.2 Å². The second-order valence-corrected chi connectivity index (χ2v) is 8.73. The normalized spacial score (nSPS) is 16.5. The van der Waals surface area contributed by atoms with Crippen LogP contribution in [0.2, 0.25) is 0 Å². The van der Waals surface area contributed by atoms with Crippen molar-refractivity contribution in [3.8, 4) is 11.1 Å². The number of piperazine rings is 1. The lowest BCUT2D eigenvalue weighted by atomic mass is 9.97. The van der Waals surface area contributed by atoms with Crippen molar-refractivity contribution in [3.63, 3.8) is 0 Å². The number of aliphatic hydroxyl groups excluding tert-OH is 1. The van der Waals surface area contributed by atoms with Crippen LogP contribution in [0.4, 0.5) is 31.1 Å². The van der Waals surface area contributed by atoms with Crippen LogP contribution < -0.4 is 0 Å². The number of carbonyl (C=O) groups is 1. The minimum absolute atomic E-state index is 0.102. The molecule has 1 N–H and O–H groups in total. The monoisotopic (exact) mass is 519 g/mol. The molecule has 1 aliphatic heterocycles. The van der Waals surface area contributed by atoms with Gasteiger partial charge in [0.25, 0.3) is 6.10 Å². The Morgan fingerprint density at radius 3 is 2.06 bits per heavy atom. The number of carbonyl (C=O) groups excluding carboxylic acids is 1. The van der Waals surface area contributed by atoms with Gasteiger partial charge >= 0.3 is 18.4 Å². The molecule has 1 amide bonds. The summed E-state index contributed by atoms with van der Waals surface area (Å²) >= 11 is 0. The third-order valence-corrected chi connectivity index (χ3v) is 5.86. The quantitative estimate of drug-likeness (QED) is 0.445. The van der Waals surface area contributed by atoms with E-state index in [1.54, 1.807) is 19.0 Å². The molecule has 1 saturated heterocycles. The summed E-state index contributed by atoms with van der Waals surface area (Å²) in [7, 11) is 3.45. The number of amides is 1. The maximum absolute atomic E-state index is 12.7. The van der Waals surface area contributed by atoms with Gasteiger partial charge in [0.2, 0.25) is 0 Å². The first kappa shape index (κ1) is 27.8. The maximum atomic E-state index is 12.7. The predicted octanol–water partition coefficient (Wildman–Crippen LogP) is 4.65. The maximum Gasteiger partial charge on any atom is 0.434 e. The minimum atomic E-state index is -5.76. The summed E-state index contributed by atoms with van der Waals surface area (Å²) in [4.78, 5) is 16.4. The van der Waals surface area contributed by atoms with Crippen LogP contribution in [0.1, 0.15) is 17.4 Å². The van der Waals surface area contributed by atoms with Crippen LogP contribution >= 0.6 is 0 Å². The van der Waals surface area contributed by atoms with Crippen LogP contribution in [-0.4, -0.2) is 84.6 Å². The highest BCUT2D eigenvalue weighted by Gasteiger charge is 2.60. The Labute approximate surface area is 204 Å². The molecular formula is C24H27F6N3O3. The summed E-state index contributed by atoms with van der Waals surface area (Å²) in [5.41, 5.74) is 3.36. The first-order chi connectivity index (χ1) is 16.8. The number of rotatable bonds is 6. The Hall–Kier alpha value is -2.83. The van der Waals surface area contributed by atoms with E-state index in [0.29, 0.717) is 12.1 Å². The van der Waals surface area contributed by atoms with E-state index in [-0.39, 0.29) is 26.2 Å². The topological polar surface area (TPSA) is 56.2 Å². The van der Waals surface area contributed by atoms with Crippen molar-refractivity contribution >= 4 is 6.09 Å². The Balaban J connectivity index is 1.68. The molecule has 0 aliphatic carbocycles. The molecule has 1 aliphatic rings. The standard InChI is InChI=1S/C24H27F6N3O3/c1-31(2)20(34)19-14-17(16-6-4-3-5-7-16)8-9-18(19)15-32-10-12-33(13-11-32)22(35)36-21(23(25,26)27)24(28,29)30/h3-9,14,20-21,34H,10-13,15H2,1-2H3. The molecule has 1 unspecified atom stereocenters. The highest BCUT2D eigenvalue weighted by molar-refractivity contribution is 5.68. The molecular weight excluding hydrogens is 492 g/mol. The third kappa shape index (κ3) is 6.89. The predicted molar refractivity (Wildman–Crippen MR) is 120 cm³/mol. The van der Waals surface area contributed by atoms with E-state index in [1.165, 1.54) is 0 Å². The van der Waals surface area contributed by atoms with E-state index in [0.717, 1.165) is 21.6 Å². The molecule has 12 heteroatoms. The Morgan fingerprint density at radius 1 is 0.944 bits per heavy atom. The molecule has 36 heavy (non-hydrogen) atoms. The van der Waals surface area contributed by atoms with E-state index in [2.05, 4.69) is 4.74 Å².